The van der Waals surface area contributed by atoms with Crippen LogP contribution in [0.2, 0.25) is 0 Å². The lowest BCUT2D eigenvalue weighted by Gasteiger charge is -2.13. The van der Waals surface area contributed by atoms with Crippen molar-refractivity contribution in [3.05, 3.63) is 185 Å². The molecule has 0 aromatic heterocycles. The summed E-state index contributed by atoms with van der Waals surface area (Å²) in [5.41, 5.74) is 12.1. The summed E-state index contributed by atoms with van der Waals surface area (Å²) >= 11 is 0. The van der Waals surface area contributed by atoms with Crippen molar-refractivity contribution in [3.8, 4) is 0 Å². The topological polar surface area (TPSA) is 12.0 Å². The lowest BCUT2D eigenvalue weighted by atomic mass is 9.91. The maximum atomic E-state index is 4.59. The fourth-order valence-corrected chi connectivity index (χ4v) is 5.01. The Hall–Kier alpha value is -4.62. The van der Waals surface area contributed by atoms with Crippen molar-refractivity contribution in [3.63, 3.8) is 0 Å². The molecule has 0 aliphatic heterocycles. The Labute approximate surface area is 226 Å². The molecule has 0 spiro atoms. The third kappa shape index (κ3) is 6.02. The molecule has 4 aromatic rings. The van der Waals surface area contributed by atoms with E-state index >= 15 is 0 Å². The molecule has 0 atom stereocenters. The van der Waals surface area contributed by atoms with Gasteiger partial charge in [0.1, 0.15) is 0 Å². The van der Waals surface area contributed by atoms with E-state index in [1.54, 1.807) is 0 Å². The number of nitrogens with one attached hydrogen (secondary N) is 1. The summed E-state index contributed by atoms with van der Waals surface area (Å²) in [6.07, 6.45) is 12.5. The van der Waals surface area contributed by atoms with Crippen molar-refractivity contribution in [2.45, 2.75) is 19.8 Å². The zero-order valence-corrected chi connectivity index (χ0v) is 21.9. The molecule has 0 amide bonds. The molecule has 1 aliphatic carbocycles. The first-order valence-corrected chi connectivity index (χ1v) is 13.2. The molecule has 1 heteroatoms. The van der Waals surface area contributed by atoms with Crippen molar-refractivity contribution in [1.29, 1.82) is 0 Å². The van der Waals surface area contributed by atoms with Crippen molar-refractivity contribution in [1.82, 2.24) is 0 Å². The van der Waals surface area contributed by atoms with E-state index in [1.165, 1.54) is 39.0 Å². The van der Waals surface area contributed by atoms with E-state index in [-0.39, 0.29) is 0 Å². The summed E-state index contributed by atoms with van der Waals surface area (Å²) in [5.74, 6) is 0. The van der Waals surface area contributed by atoms with Crippen LogP contribution in [0.15, 0.2) is 157 Å². The molecule has 4 aromatic carbocycles. The Bertz CT molecular complexity index is 1530. The minimum Gasteiger partial charge on any atom is -0.362 e. The van der Waals surface area contributed by atoms with Crippen LogP contribution in [-0.2, 0) is 12.8 Å². The van der Waals surface area contributed by atoms with Crippen LogP contribution in [0.25, 0.3) is 11.6 Å². The summed E-state index contributed by atoms with van der Waals surface area (Å²) in [5, 5.41) is 3.51. The normalized spacial score (nSPS) is 13.3. The molecule has 5 rings (SSSR count). The smallest absolute Gasteiger partial charge is 0.0382 e. The van der Waals surface area contributed by atoms with Gasteiger partial charge in [-0.25, -0.2) is 0 Å². The quantitative estimate of drug-likeness (QED) is 0.230. The van der Waals surface area contributed by atoms with Gasteiger partial charge in [-0.3, -0.25) is 0 Å². The van der Waals surface area contributed by atoms with Crippen LogP contribution in [0, 0.1) is 0 Å². The van der Waals surface area contributed by atoms with Crippen molar-refractivity contribution in [2.24, 2.45) is 0 Å². The summed E-state index contributed by atoms with van der Waals surface area (Å²) in [4.78, 5) is 0. The second-order valence-corrected chi connectivity index (χ2v) is 9.56. The second-order valence-electron chi connectivity index (χ2n) is 9.56. The van der Waals surface area contributed by atoms with Crippen LogP contribution in [0.4, 0.5) is 5.69 Å². The summed E-state index contributed by atoms with van der Waals surface area (Å²) in [6, 6.07) is 38.3. The zero-order valence-electron chi connectivity index (χ0n) is 21.9. The van der Waals surface area contributed by atoms with Gasteiger partial charge in [-0.15, -0.1) is 0 Å². The lowest BCUT2D eigenvalue weighted by Crippen LogP contribution is -1.94. The van der Waals surface area contributed by atoms with Crippen LogP contribution in [-0.4, -0.2) is 0 Å². The van der Waals surface area contributed by atoms with Crippen LogP contribution in [0.5, 0.6) is 0 Å². The first-order chi connectivity index (χ1) is 18.7. The first-order valence-electron chi connectivity index (χ1n) is 13.2. The van der Waals surface area contributed by atoms with E-state index in [2.05, 4.69) is 152 Å². The van der Waals surface area contributed by atoms with E-state index in [1.807, 2.05) is 6.07 Å². The highest BCUT2D eigenvalue weighted by Gasteiger charge is 2.22. The molecule has 0 fully saturated rings. The fraction of sp³-hybridized carbons (Fsp3) is 0.0811. The van der Waals surface area contributed by atoms with Crippen LogP contribution < -0.4 is 5.32 Å². The average Bonchev–Trinajstić information content (AvgIpc) is 3.32. The van der Waals surface area contributed by atoms with E-state index in [4.69, 9.17) is 0 Å². The average molecular weight is 492 g/mol. The third-order valence-corrected chi connectivity index (χ3v) is 6.82. The molecule has 0 saturated carbocycles. The third-order valence-electron chi connectivity index (χ3n) is 6.82. The highest BCUT2D eigenvalue weighted by atomic mass is 14.8. The Kier molecular flexibility index (Phi) is 7.96. The monoisotopic (exact) mass is 491 g/mol. The van der Waals surface area contributed by atoms with Crippen molar-refractivity contribution >= 4 is 17.3 Å². The molecule has 1 nitrogen and oxygen atoms in total. The van der Waals surface area contributed by atoms with Gasteiger partial charge in [0.2, 0.25) is 0 Å². The molecular weight excluding hydrogens is 458 g/mol. The van der Waals surface area contributed by atoms with Crippen LogP contribution in [0.1, 0.15) is 34.7 Å². The predicted molar refractivity (Wildman–Crippen MR) is 164 cm³/mol. The molecule has 0 heterocycles. The molecule has 0 bridgehead atoms. The highest BCUT2D eigenvalue weighted by Crippen LogP contribution is 2.40. The molecule has 0 unspecified atom stereocenters. The lowest BCUT2D eigenvalue weighted by molar-refractivity contribution is 1.19. The Morgan fingerprint density at radius 3 is 2.32 bits per heavy atom. The molecule has 38 heavy (non-hydrogen) atoms. The van der Waals surface area contributed by atoms with E-state index in [9.17, 15) is 0 Å². The van der Waals surface area contributed by atoms with Gasteiger partial charge in [0.15, 0.2) is 0 Å². The maximum Gasteiger partial charge on any atom is 0.0382 e. The van der Waals surface area contributed by atoms with Crippen LogP contribution in [0.3, 0.4) is 0 Å². The van der Waals surface area contributed by atoms with Crippen LogP contribution >= 0.6 is 0 Å². The second kappa shape index (κ2) is 12.1. The number of hydrogen-bond acceptors (Lipinski definition) is 1. The number of hydrogen-bond donors (Lipinski definition) is 1. The van der Waals surface area contributed by atoms with Gasteiger partial charge < -0.3 is 5.32 Å². The molecule has 0 radical (unpaired) electrons. The maximum absolute atomic E-state index is 4.59. The zero-order chi connectivity index (χ0) is 26.2. The van der Waals surface area contributed by atoms with Gasteiger partial charge >= 0.3 is 0 Å². The predicted octanol–water partition coefficient (Wildman–Crippen LogP) is 9.43. The Morgan fingerprint density at radius 2 is 1.53 bits per heavy atom. The largest absolute Gasteiger partial charge is 0.362 e. The number of rotatable bonds is 9. The van der Waals surface area contributed by atoms with Crippen molar-refractivity contribution < 1.29 is 0 Å². The Balaban J connectivity index is 1.42. The van der Waals surface area contributed by atoms with Gasteiger partial charge in [0, 0.05) is 11.9 Å². The number of anilines is 1. The number of benzene rings is 4. The van der Waals surface area contributed by atoms with E-state index < -0.39 is 0 Å². The summed E-state index contributed by atoms with van der Waals surface area (Å²) < 4.78 is 0. The molecular formula is C37H33N. The minimum absolute atomic E-state index is 0.894. The summed E-state index contributed by atoms with van der Waals surface area (Å²) in [6.45, 7) is 6.64. The van der Waals surface area contributed by atoms with Gasteiger partial charge in [-0.2, -0.15) is 0 Å². The number of allylic oxidation sites excluding steroid dienone is 7. The molecule has 186 valence electrons. The molecule has 0 saturated heterocycles. The fourth-order valence-electron chi connectivity index (χ4n) is 5.01. The van der Waals surface area contributed by atoms with Gasteiger partial charge in [0.25, 0.3) is 0 Å². The van der Waals surface area contributed by atoms with E-state index in [0.717, 1.165) is 29.7 Å². The van der Waals surface area contributed by atoms with Gasteiger partial charge in [-0.1, -0.05) is 116 Å². The van der Waals surface area contributed by atoms with Crippen molar-refractivity contribution in [2.75, 3.05) is 5.32 Å². The molecule has 1 N–H and O–H groups in total. The van der Waals surface area contributed by atoms with E-state index in [0.29, 0.717) is 0 Å². The standard InChI is InChI=1S/C37H33N/c1-3-13-32(25-30-16-8-5-9-17-30)28(2)37-34(27-33-19-10-11-21-36(33)37)22-23-38-35-20-12-18-31(26-35)24-29-14-6-4-7-15-29/h3-23,25-26,38H,2,24,27H2,1H3/b13-3-,23-22-,32-25+. The first kappa shape index (κ1) is 25.0. The SMILES string of the molecule is C=C(C1=C(/C=C\Nc2cccc(Cc3ccccc3)c2)Cc2ccccc21)C(/C=C\C)=C/c1ccccc1. The highest BCUT2D eigenvalue weighted by molar-refractivity contribution is 5.93. The minimum atomic E-state index is 0.894. The Morgan fingerprint density at radius 1 is 0.816 bits per heavy atom. The van der Waals surface area contributed by atoms with Gasteiger partial charge in [0.05, 0.1) is 0 Å². The van der Waals surface area contributed by atoms with Gasteiger partial charge in [-0.05, 0) is 94.2 Å². The summed E-state index contributed by atoms with van der Waals surface area (Å²) in [7, 11) is 0. The number of fused-ring (bicyclic) bond motifs is 1. The molecule has 1 aliphatic rings.